The number of benzene rings is 1. The van der Waals surface area contributed by atoms with Crippen LogP contribution in [0.1, 0.15) is 29.4 Å². The molecule has 122 valence electrons. The van der Waals surface area contributed by atoms with E-state index in [1.165, 1.54) is 25.3 Å². The average Bonchev–Trinajstić information content (AvgIpc) is 2.49. The Morgan fingerprint density at radius 1 is 1.35 bits per heavy atom. The Kier molecular flexibility index (Phi) is 4.59. The molecule has 1 unspecified atom stereocenters. The number of carbonyl (C=O) groups excluding carboxylic acids is 1. The summed E-state index contributed by atoms with van der Waals surface area (Å²) in [4.78, 5) is 23.2. The Morgan fingerprint density at radius 3 is 2.65 bits per heavy atom. The van der Waals surface area contributed by atoms with Gasteiger partial charge >= 0.3 is 0 Å². The Morgan fingerprint density at radius 2 is 2.04 bits per heavy atom. The van der Waals surface area contributed by atoms with Gasteiger partial charge in [0.2, 0.25) is 17.1 Å². The molecule has 1 heterocycles. The lowest BCUT2D eigenvalue weighted by molar-refractivity contribution is -0.118. The predicted molar refractivity (Wildman–Crippen MR) is 81.7 cm³/mol. The molecule has 0 aliphatic rings. The van der Waals surface area contributed by atoms with Crippen molar-refractivity contribution in [2.45, 2.75) is 19.3 Å². The van der Waals surface area contributed by atoms with E-state index in [4.69, 9.17) is 14.9 Å². The Balaban J connectivity index is 2.63. The Hall–Kier alpha value is -2.96. The molecule has 7 heteroatoms. The second-order valence-electron chi connectivity index (χ2n) is 5.09. The minimum absolute atomic E-state index is 0.0541. The van der Waals surface area contributed by atoms with E-state index in [-0.39, 0.29) is 23.7 Å². The number of rotatable bonds is 5. The van der Waals surface area contributed by atoms with Gasteiger partial charge in [-0.05, 0) is 24.6 Å². The van der Waals surface area contributed by atoms with Crippen LogP contribution in [0.4, 0.5) is 0 Å². The van der Waals surface area contributed by atoms with Crippen molar-refractivity contribution in [2.75, 3.05) is 7.11 Å². The maximum atomic E-state index is 11.8. The number of phenols is 1. The van der Waals surface area contributed by atoms with Gasteiger partial charge in [0.1, 0.15) is 5.76 Å². The van der Waals surface area contributed by atoms with Crippen LogP contribution in [0.2, 0.25) is 0 Å². The van der Waals surface area contributed by atoms with Gasteiger partial charge in [-0.25, -0.2) is 0 Å². The standard InChI is InChI=1S/C16H17NO6/c1-8-5-12(19)15(21)16(23-8)10(7-14(17)20)9-3-4-11(18)13(6-9)22-2/h3-6,10,18,21H,7H2,1-2H3,(H2,17,20). The molecule has 2 rings (SSSR count). The van der Waals surface area contributed by atoms with Crippen molar-refractivity contribution in [3.05, 3.63) is 51.6 Å². The van der Waals surface area contributed by atoms with Gasteiger partial charge in [-0.1, -0.05) is 6.07 Å². The van der Waals surface area contributed by atoms with E-state index in [0.717, 1.165) is 6.07 Å². The number of primary amides is 1. The van der Waals surface area contributed by atoms with Crippen LogP contribution < -0.4 is 15.9 Å². The van der Waals surface area contributed by atoms with Crippen molar-refractivity contribution in [1.82, 2.24) is 0 Å². The lowest BCUT2D eigenvalue weighted by Gasteiger charge is -2.17. The molecule has 1 atom stereocenters. The molecule has 0 aliphatic carbocycles. The maximum absolute atomic E-state index is 11.8. The van der Waals surface area contributed by atoms with Gasteiger partial charge in [0.25, 0.3) is 0 Å². The van der Waals surface area contributed by atoms with E-state index in [1.807, 2.05) is 0 Å². The number of nitrogens with two attached hydrogens (primary N) is 1. The molecule has 0 spiro atoms. The summed E-state index contributed by atoms with van der Waals surface area (Å²) in [5, 5.41) is 19.7. The summed E-state index contributed by atoms with van der Waals surface area (Å²) in [5.74, 6) is -1.64. The summed E-state index contributed by atoms with van der Waals surface area (Å²) in [7, 11) is 1.38. The normalized spacial score (nSPS) is 11.9. The molecule has 0 radical (unpaired) electrons. The molecule has 1 aromatic carbocycles. The van der Waals surface area contributed by atoms with Crippen LogP contribution in [0.5, 0.6) is 17.2 Å². The number of hydrogen-bond donors (Lipinski definition) is 3. The van der Waals surface area contributed by atoms with Crippen LogP contribution in [-0.4, -0.2) is 23.2 Å². The van der Waals surface area contributed by atoms with Crippen molar-refractivity contribution >= 4 is 5.91 Å². The van der Waals surface area contributed by atoms with Crippen LogP contribution in [0, 0.1) is 6.92 Å². The van der Waals surface area contributed by atoms with Crippen molar-refractivity contribution in [2.24, 2.45) is 5.73 Å². The van der Waals surface area contributed by atoms with Crippen LogP contribution in [0.15, 0.2) is 33.5 Å². The molecule has 0 saturated carbocycles. The second kappa shape index (κ2) is 6.43. The van der Waals surface area contributed by atoms with E-state index in [9.17, 15) is 19.8 Å². The van der Waals surface area contributed by atoms with Crippen LogP contribution in [0.3, 0.4) is 0 Å². The summed E-state index contributed by atoms with van der Waals surface area (Å²) in [6, 6.07) is 5.56. The highest BCUT2D eigenvalue weighted by Gasteiger charge is 2.25. The molecule has 1 aromatic heterocycles. The third kappa shape index (κ3) is 3.45. The van der Waals surface area contributed by atoms with Crippen LogP contribution in [-0.2, 0) is 4.79 Å². The van der Waals surface area contributed by atoms with E-state index in [0.29, 0.717) is 11.3 Å². The highest BCUT2D eigenvalue weighted by atomic mass is 16.5. The average molecular weight is 319 g/mol. The first-order valence-electron chi connectivity index (χ1n) is 6.82. The van der Waals surface area contributed by atoms with Crippen molar-refractivity contribution in [3.63, 3.8) is 0 Å². The van der Waals surface area contributed by atoms with Gasteiger partial charge in [0.05, 0.1) is 13.0 Å². The number of ether oxygens (including phenoxy) is 1. The second-order valence-corrected chi connectivity index (χ2v) is 5.09. The fourth-order valence-electron chi connectivity index (χ4n) is 2.34. The monoisotopic (exact) mass is 319 g/mol. The number of methoxy groups -OCH3 is 1. The van der Waals surface area contributed by atoms with Gasteiger partial charge in [-0.3, -0.25) is 9.59 Å². The van der Waals surface area contributed by atoms with E-state index in [1.54, 1.807) is 6.92 Å². The fraction of sp³-hybridized carbons (Fsp3) is 0.250. The third-order valence-corrected chi connectivity index (χ3v) is 3.40. The zero-order chi connectivity index (χ0) is 17.1. The van der Waals surface area contributed by atoms with Gasteiger partial charge in [0.15, 0.2) is 17.3 Å². The summed E-state index contributed by atoms with van der Waals surface area (Å²) < 4.78 is 10.5. The number of aryl methyl sites for hydroxylation is 1. The van der Waals surface area contributed by atoms with Gasteiger partial charge in [0, 0.05) is 12.5 Å². The lowest BCUT2D eigenvalue weighted by Crippen LogP contribution is -2.18. The first-order valence-corrected chi connectivity index (χ1v) is 6.82. The summed E-state index contributed by atoms with van der Waals surface area (Å²) in [6.45, 7) is 1.56. The molecular weight excluding hydrogens is 302 g/mol. The fourth-order valence-corrected chi connectivity index (χ4v) is 2.34. The quantitative estimate of drug-likeness (QED) is 0.765. The predicted octanol–water partition coefficient (Wildman–Crippen LogP) is 1.38. The molecule has 4 N–H and O–H groups in total. The molecule has 0 saturated heterocycles. The molecule has 1 amide bonds. The Bertz CT molecular complexity index is 796. The molecular formula is C16H17NO6. The molecule has 0 aliphatic heterocycles. The summed E-state index contributed by atoms with van der Waals surface area (Å²) in [6.07, 6.45) is -0.187. The SMILES string of the molecule is COc1cc(C(CC(N)=O)c2oc(C)cc(=O)c2O)ccc1O. The van der Waals surface area contributed by atoms with Crippen molar-refractivity contribution in [3.8, 4) is 17.2 Å². The third-order valence-electron chi connectivity index (χ3n) is 3.40. The first kappa shape index (κ1) is 16.4. The largest absolute Gasteiger partial charge is 0.504 e. The van der Waals surface area contributed by atoms with Crippen LogP contribution in [0.25, 0.3) is 0 Å². The molecule has 23 heavy (non-hydrogen) atoms. The number of aromatic hydroxyl groups is 2. The highest BCUT2D eigenvalue weighted by molar-refractivity contribution is 5.75. The first-order chi connectivity index (χ1) is 10.8. The number of hydrogen-bond acceptors (Lipinski definition) is 6. The summed E-state index contributed by atoms with van der Waals surface area (Å²) in [5.41, 5.74) is 5.17. The van der Waals surface area contributed by atoms with E-state index in [2.05, 4.69) is 0 Å². The zero-order valence-corrected chi connectivity index (χ0v) is 12.7. The lowest BCUT2D eigenvalue weighted by atomic mass is 9.91. The molecule has 0 fully saturated rings. The molecule has 0 bridgehead atoms. The van der Waals surface area contributed by atoms with Crippen LogP contribution >= 0.6 is 0 Å². The minimum atomic E-state index is -0.783. The topological polar surface area (TPSA) is 123 Å². The maximum Gasteiger partial charge on any atom is 0.227 e. The zero-order valence-electron chi connectivity index (χ0n) is 12.7. The number of carbonyl (C=O) groups is 1. The van der Waals surface area contributed by atoms with Crippen molar-refractivity contribution in [1.29, 1.82) is 0 Å². The Labute approximate surface area is 131 Å². The van der Waals surface area contributed by atoms with Gasteiger partial charge < -0.3 is 25.1 Å². The van der Waals surface area contributed by atoms with E-state index >= 15 is 0 Å². The number of phenolic OH excluding ortho intramolecular Hbond substituents is 1. The highest BCUT2D eigenvalue weighted by Crippen LogP contribution is 2.36. The van der Waals surface area contributed by atoms with Gasteiger partial charge in [-0.15, -0.1) is 0 Å². The number of amides is 1. The van der Waals surface area contributed by atoms with Crippen molar-refractivity contribution < 1.29 is 24.2 Å². The molecule has 2 aromatic rings. The van der Waals surface area contributed by atoms with E-state index < -0.39 is 23.0 Å². The minimum Gasteiger partial charge on any atom is -0.504 e. The van der Waals surface area contributed by atoms with Gasteiger partial charge in [-0.2, -0.15) is 0 Å². The molecule has 7 nitrogen and oxygen atoms in total. The summed E-state index contributed by atoms with van der Waals surface area (Å²) >= 11 is 0. The smallest absolute Gasteiger partial charge is 0.227 e.